The van der Waals surface area contributed by atoms with Gasteiger partial charge in [0.15, 0.2) is 0 Å². The summed E-state index contributed by atoms with van der Waals surface area (Å²) in [7, 11) is 0. The van der Waals surface area contributed by atoms with Crippen molar-refractivity contribution in [1.82, 2.24) is 9.80 Å². The first-order chi connectivity index (χ1) is 14.6. The smallest absolute Gasteiger partial charge is 0.254 e. The third kappa shape index (κ3) is 3.52. The Kier molecular flexibility index (Phi) is 5.07. The van der Waals surface area contributed by atoms with Crippen LogP contribution in [0.5, 0.6) is 0 Å². The molecule has 2 N–H and O–H groups in total. The number of nitrogens with zero attached hydrogens (tertiary/aromatic N) is 2. The number of primary amides is 1. The van der Waals surface area contributed by atoms with E-state index < -0.39 is 5.91 Å². The summed E-state index contributed by atoms with van der Waals surface area (Å²) in [6, 6.07) is 14.5. The van der Waals surface area contributed by atoms with Crippen molar-refractivity contribution in [2.45, 2.75) is 50.6 Å². The molecule has 0 unspecified atom stereocenters. The zero-order valence-corrected chi connectivity index (χ0v) is 17.3. The second-order valence-electron chi connectivity index (χ2n) is 8.94. The number of likely N-dealkylation sites (tertiary alicyclic amines) is 1. The van der Waals surface area contributed by atoms with E-state index in [1.165, 1.54) is 25.7 Å². The number of fused-ring (bicyclic) bond motifs is 1. The maximum Gasteiger partial charge on any atom is 0.254 e. The van der Waals surface area contributed by atoms with Crippen molar-refractivity contribution in [2.24, 2.45) is 5.73 Å². The van der Waals surface area contributed by atoms with Crippen LogP contribution in [0, 0.1) is 0 Å². The summed E-state index contributed by atoms with van der Waals surface area (Å²) in [5.74, 6) is -0.235. The predicted octanol–water partition coefficient (Wildman–Crippen LogP) is 3.47. The van der Waals surface area contributed by atoms with Crippen LogP contribution in [-0.2, 0) is 6.42 Å². The monoisotopic (exact) mass is 403 g/mol. The molecular weight excluding hydrogens is 374 g/mol. The predicted molar refractivity (Wildman–Crippen MR) is 117 cm³/mol. The van der Waals surface area contributed by atoms with E-state index in [9.17, 15) is 9.59 Å². The van der Waals surface area contributed by atoms with Gasteiger partial charge in [0.25, 0.3) is 5.91 Å². The molecule has 1 atom stereocenters. The van der Waals surface area contributed by atoms with Gasteiger partial charge in [-0.1, -0.05) is 37.1 Å². The van der Waals surface area contributed by atoms with Crippen LogP contribution < -0.4 is 5.73 Å². The molecule has 2 aromatic carbocycles. The van der Waals surface area contributed by atoms with E-state index in [4.69, 9.17) is 5.73 Å². The molecule has 0 aromatic heterocycles. The zero-order valence-electron chi connectivity index (χ0n) is 17.3. The summed E-state index contributed by atoms with van der Waals surface area (Å²) < 4.78 is 0. The Balaban J connectivity index is 1.31. The van der Waals surface area contributed by atoms with E-state index in [0.29, 0.717) is 11.6 Å². The molecular formula is C25H29N3O2. The van der Waals surface area contributed by atoms with Gasteiger partial charge in [-0.15, -0.1) is 0 Å². The number of hydrogen-bond acceptors (Lipinski definition) is 3. The van der Waals surface area contributed by atoms with E-state index in [1.54, 1.807) is 12.1 Å². The summed E-state index contributed by atoms with van der Waals surface area (Å²) >= 11 is 0. The highest BCUT2D eigenvalue weighted by molar-refractivity contribution is 5.98. The third-order valence-electron chi connectivity index (χ3n) is 7.20. The molecule has 5 nitrogen and oxygen atoms in total. The molecule has 30 heavy (non-hydrogen) atoms. The second-order valence-corrected chi connectivity index (χ2v) is 8.94. The summed E-state index contributed by atoms with van der Waals surface area (Å²) in [4.78, 5) is 29.3. The Labute approximate surface area is 177 Å². The average molecular weight is 404 g/mol. The van der Waals surface area contributed by atoms with Crippen molar-refractivity contribution in [1.29, 1.82) is 0 Å². The normalized spacial score (nSPS) is 22.5. The SMILES string of the molecule is NC(=O)c1ccc(-c2ccc3c(c2)CCN([C@@H]2CCN(C4CCCC4)C2)C3=O)cc1. The largest absolute Gasteiger partial charge is 0.366 e. The molecule has 1 aliphatic carbocycles. The minimum atomic E-state index is -0.420. The van der Waals surface area contributed by atoms with Gasteiger partial charge < -0.3 is 10.6 Å². The van der Waals surface area contributed by atoms with Crippen LogP contribution >= 0.6 is 0 Å². The van der Waals surface area contributed by atoms with Crippen molar-refractivity contribution in [3.8, 4) is 11.1 Å². The molecule has 2 amide bonds. The number of nitrogens with two attached hydrogens (primary N) is 1. The Morgan fingerprint density at radius 1 is 0.900 bits per heavy atom. The van der Waals surface area contributed by atoms with Gasteiger partial charge in [0.1, 0.15) is 0 Å². The Hall–Kier alpha value is -2.66. The molecule has 2 aliphatic heterocycles. The van der Waals surface area contributed by atoms with Gasteiger partial charge >= 0.3 is 0 Å². The Bertz CT molecular complexity index is 963. The second kappa shape index (κ2) is 7.88. The van der Waals surface area contributed by atoms with Crippen LogP contribution in [-0.4, -0.2) is 53.3 Å². The molecule has 0 spiro atoms. The maximum atomic E-state index is 13.3. The van der Waals surface area contributed by atoms with Crippen LogP contribution in [0.4, 0.5) is 0 Å². The standard InChI is InChI=1S/C25H29N3O2/c26-24(29)18-7-5-17(6-8-18)19-9-10-23-20(15-19)11-14-28(25(23)30)22-12-13-27(16-22)21-3-1-2-4-21/h5-10,15,21-22H,1-4,11-14,16H2,(H2,26,29)/t22-/m1/s1. The van der Waals surface area contributed by atoms with E-state index in [-0.39, 0.29) is 5.91 Å². The first kappa shape index (κ1) is 19.3. The van der Waals surface area contributed by atoms with Crippen molar-refractivity contribution < 1.29 is 9.59 Å². The number of carbonyl (C=O) groups excluding carboxylic acids is 2. The van der Waals surface area contributed by atoms with Gasteiger partial charge in [0, 0.05) is 42.8 Å². The van der Waals surface area contributed by atoms with Crippen LogP contribution in [0.15, 0.2) is 42.5 Å². The Morgan fingerprint density at radius 2 is 1.63 bits per heavy atom. The fraction of sp³-hybridized carbons (Fsp3) is 0.440. The lowest BCUT2D eigenvalue weighted by atomic mass is 9.93. The van der Waals surface area contributed by atoms with E-state index in [0.717, 1.165) is 60.8 Å². The van der Waals surface area contributed by atoms with Crippen LogP contribution in [0.3, 0.4) is 0 Å². The fourth-order valence-electron chi connectivity index (χ4n) is 5.48. The Morgan fingerprint density at radius 3 is 2.37 bits per heavy atom. The van der Waals surface area contributed by atoms with Gasteiger partial charge in [-0.05, 0) is 60.6 Å². The first-order valence-corrected chi connectivity index (χ1v) is 11.2. The number of amides is 2. The quantitative estimate of drug-likeness (QED) is 0.850. The number of benzene rings is 2. The summed E-state index contributed by atoms with van der Waals surface area (Å²) in [5.41, 5.74) is 9.90. The molecule has 156 valence electrons. The molecule has 5 rings (SSSR count). The molecule has 3 aliphatic rings. The van der Waals surface area contributed by atoms with Crippen LogP contribution in [0.2, 0.25) is 0 Å². The van der Waals surface area contributed by atoms with E-state index in [2.05, 4.69) is 15.9 Å². The maximum absolute atomic E-state index is 13.3. The number of carbonyl (C=O) groups is 2. The molecule has 0 radical (unpaired) electrons. The number of hydrogen-bond donors (Lipinski definition) is 1. The van der Waals surface area contributed by atoms with E-state index in [1.807, 2.05) is 24.3 Å². The summed E-state index contributed by atoms with van der Waals surface area (Å²) in [5, 5.41) is 0. The van der Waals surface area contributed by atoms with Gasteiger partial charge in [-0.3, -0.25) is 14.5 Å². The minimum absolute atomic E-state index is 0.185. The van der Waals surface area contributed by atoms with Gasteiger partial charge in [0.2, 0.25) is 5.91 Å². The van der Waals surface area contributed by atoms with E-state index >= 15 is 0 Å². The third-order valence-corrected chi connectivity index (χ3v) is 7.20. The summed E-state index contributed by atoms with van der Waals surface area (Å²) in [6.45, 7) is 2.97. The van der Waals surface area contributed by atoms with Crippen LogP contribution in [0.1, 0.15) is 58.4 Å². The highest BCUT2D eigenvalue weighted by Gasteiger charge is 2.36. The lowest BCUT2D eigenvalue weighted by Crippen LogP contribution is -2.46. The van der Waals surface area contributed by atoms with Crippen molar-refractivity contribution >= 4 is 11.8 Å². The highest BCUT2D eigenvalue weighted by Crippen LogP contribution is 2.31. The molecule has 5 heteroatoms. The topological polar surface area (TPSA) is 66.6 Å². The van der Waals surface area contributed by atoms with Crippen molar-refractivity contribution in [3.63, 3.8) is 0 Å². The fourth-order valence-corrected chi connectivity index (χ4v) is 5.48. The van der Waals surface area contributed by atoms with Gasteiger partial charge in [-0.2, -0.15) is 0 Å². The lowest BCUT2D eigenvalue weighted by molar-refractivity contribution is 0.0658. The molecule has 2 fully saturated rings. The number of rotatable bonds is 4. The van der Waals surface area contributed by atoms with Crippen LogP contribution in [0.25, 0.3) is 11.1 Å². The average Bonchev–Trinajstić information content (AvgIpc) is 3.46. The van der Waals surface area contributed by atoms with Gasteiger partial charge in [-0.25, -0.2) is 0 Å². The molecule has 2 aromatic rings. The zero-order chi connectivity index (χ0) is 20.7. The molecule has 0 bridgehead atoms. The lowest BCUT2D eigenvalue weighted by Gasteiger charge is -2.34. The molecule has 1 saturated heterocycles. The van der Waals surface area contributed by atoms with Gasteiger partial charge in [0.05, 0.1) is 0 Å². The first-order valence-electron chi connectivity index (χ1n) is 11.2. The van der Waals surface area contributed by atoms with Crippen molar-refractivity contribution in [3.05, 3.63) is 59.2 Å². The molecule has 2 heterocycles. The minimum Gasteiger partial charge on any atom is -0.366 e. The summed E-state index contributed by atoms with van der Waals surface area (Å²) in [6.07, 6.45) is 7.36. The molecule has 1 saturated carbocycles. The highest BCUT2D eigenvalue weighted by atomic mass is 16.2. The van der Waals surface area contributed by atoms with Crippen molar-refractivity contribution in [2.75, 3.05) is 19.6 Å².